The van der Waals surface area contributed by atoms with Gasteiger partial charge in [-0.15, -0.1) is 11.3 Å². The summed E-state index contributed by atoms with van der Waals surface area (Å²) in [5.74, 6) is 0.0357. The number of rotatable bonds is 4. The molecule has 1 fully saturated rings. The van der Waals surface area contributed by atoms with E-state index in [4.69, 9.17) is 0 Å². The van der Waals surface area contributed by atoms with Gasteiger partial charge >= 0.3 is 0 Å². The summed E-state index contributed by atoms with van der Waals surface area (Å²) < 4.78 is 27.6. The first-order valence-corrected chi connectivity index (χ1v) is 12.2. The van der Waals surface area contributed by atoms with Crippen molar-refractivity contribution in [3.05, 3.63) is 46.3 Å². The number of hydrogen-bond acceptors (Lipinski definition) is 4. The molecule has 1 aromatic heterocycles. The zero-order chi connectivity index (χ0) is 19.7. The van der Waals surface area contributed by atoms with Gasteiger partial charge in [-0.1, -0.05) is 24.1 Å². The van der Waals surface area contributed by atoms with Gasteiger partial charge in [0, 0.05) is 30.2 Å². The van der Waals surface area contributed by atoms with Gasteiger partial charge < -0.3 is 4.90 Å². The summed E-state index contributed by atoms with van der Waals surface area (Å²) in [6.45, 7) is 3.98. The zero-order valence-corrected chi connectivity index (χ0v) is 17.8. The van der Waals surface area contributed by atoms with Gasteiger partial charge in [0.1, 0.15) is 4.21 Å². The Kier molecular flexibility index (Phi) is 5.58. The summed E-state index contributed by atoms with van der Waals surface area (Å²) in [5, 5.41) is 0. The van der Waals surface area contributed by atoms with Crippen molar-refractivity contribution in [2.75, 3.05) is 24.5 Å². The number of hydrogen-bond donors (Lipinski definition) is 0. The van der Waals surface area contributed by atoms with E-state index in [0.717, 1.165) is 49.2 Å². The summed E-state index contributed by atoms with van der Waals surface area (Å²) in [6, 6.07) is 9.68. The highest BCUT2D eigenvalue weighted by Gasteiger charge is 2.28. The lowest BCUT2D eigenvalue weighted by molar-refractivity contribution is -0.118. The van der Waals surface area contributed by atoms with Gasteiger partial charge in [-0.2, -0.15) is 4.31 Å². The molecular formula is C21H26N2O3S2. The minimum atomic E-state index is -3.43. The van der Waals surface area contributed by atoms with Gasteiger partial charge in [0.25, 0.3) is 10.0 Å². The van der Waals surface area contributed by atoms with E-state index in [1.807, 2.05) is 17.0 Å². The van der Waals surface area contributed by atoms with Crippen LogP contribution in [0.2, 0.25) is 0 Å². The molecule has 0 atom stereocenters. The second-order valence-corrected chi connectivity index (χ2v) is 11.0. The quantitative estimate of drug-likeness (QED) is 0.760. The maximum Gasteiger partial charge on any atom is 0.252 e. The van der Waals surface area contributed by atoms with E-state index < -0.39 is 10.0 Å². The Bertz CT molecular complexity index is 975. The molecule has 0 saturated carbocycles. The summed E-state index contributed by atoms with van der Waals surface area (Å²) in [6.07, 6.45) is 5.13. The highest BCUT2D eigenvalue weighted by molar-refractivity contribution is 7.91. The van der Waals surface area contributed by atoms with Crippen LogP contribution in [0, 0.1) is 6.92 Å². The molecule has 0 bridgehead atoms. The number of thiophene rings is 1. The van der Waals surface area contributed by atoms with E-state index >= 15 is 0 Å². The van der Waals surface area contributed by atoms with Gasteiger partial charge in [-0.3, -0.25) is 4.79 Å². The number of anilines is 1. The number of nitrogens with zero attached hydrogens (tertiary/aromatic N) is 2. The fourth-order valence-corrected chi connectivity index (χ4v) is 7.07. The molecule has 28 heavy (non-hydrogen) atoms. The van der Waals surface area contributed by atoms with Crippen molar-refractivity contribution in [2.24, 2.45) is 0 Å². The Morgan fingerprint density at radius 2 is 1.82 bits per heavy atom. The molecule has 2 aromatic rings. The van der Waals surface area contributed by atoms with Crippen LogP contribution < -0.4 is 4.90 Å². The molecule has 3 heterocycles. The third kappa shape index (κ3) is 3.88. The van der Waals surface area contributed by atoms with Crippen molar-refractivity contribution in [2.45, 2.75) is 49.7 Å². The first kappa shape index (κ1) is 19.6. The average molecular weight is 419 g/mol. The van der Waals surface area contributed by atoms with E-state index in [-0.39, 0.29) is 12.3 Å². The van der Waals surface area contributed by atoms with Crippen molar-refractivity contribution in [3.63, 3.8) is 0 Å². The van der Waals surface area contributed by atoms with Crippen molar-refractivity contribution < 1.29 is 13.2 Å². The average Bonchev–Trinajstić information content (AvgIpc) is 3.17. The van der Waals surface area contributed by atoms with Crippen molar-refractivity contribution in [1.29, 1.82) is 0 Å². The van der Waals surface area contributed by atoms with E-state index in [9.17, 15) is 13.2 Å². The van der Waals surface area contributed by atoms with E-state index in [1.54, 1.807) is 16.4 Å². The summed E-state index contributed by atoms with van der Waals surface area (Å²) in [7, 11) is -3.43. The summed E-state index contributed by atoms with van der Waals surface area (Å²) in [4.78, 5) is 15.6. The minimum Gasteiger partial charge on any atom is -0.312 e. The number of fused-ring (bicyclic) bond motifs is 1. The van der Waals surface area contributed by atoms with Gasteiger partial charge in [0.2, 0.25) is 5.91 Å². The van der Waals surface area contributed by atoms with Gasteiger partial charge in [-0.05, 0) is 56.4 Å². The molecule has 0 N–H and O–H groups in total. The molecule has 7 heteroatoms. The Morgan fingerprint density at radius 3 is 2.61 bits per heavy atom. The minimum absolute atomic E-state index is 0.0357. The van der Waals surface area contributed by atoms with Crippen LogP contribution in [-0.4, -0.2) is 38.3 Å². The number of aryl methyl sites for hydroxylation is 2. The first-order valence-electron chi connectivity index (χ1n) is 9.94. The van der Waals surface area contributed by atoms with E-state index in [2.05, 4.69) is 13.0 Å². The first-order chi connectivity index (χ1) is 13.4. The van der Waals surface area contributed by atoms with Crippen molar-refractivity contribution in [1.82, 2.24) is 4.31 Å². The molecule has 0 aliphatic carbocycles. The number of piperidine rings is 1. The molecule has 0 radical (unpaired) electrons. The Morgan fingerprint density at radius 1 is 1.04 bits per heavy atom. The normalized spacial score (nSPS) is 18.1. The molecule has 2 aliphatic heterocycles. The fourth-order valence-electron chi connectivity index (χ4n) is 4.05. The predicted octanol–water partition coefficient (Wildman–Crippen LogP) is 3.75. The second kappa shape index (κ2) is 7.97. The topological polar surface area (TPSA) is 57.7 Å². The predicted molar refractivity (Wildman–Crippen MR) is 112 cm³/mol. The monoisotopic (exact) mass is 418 g/mol. The molecule has 5 nitrogen and oxygen atoms in total. The lowest BCUT2D eigenvalue weighted by atomic mass is 9.99. The zero-order valence-electron chi connectivity index (χ0n) is 16.2. The van der Waals surface area contributed by atoms with Crippen LogP contribution in [0.25, 0.3) is 0 Å². The highest BCUT2D eigenvalue weighted by Crippen LogP contribution is 2.31. The number of carbonyl (C=O) groups excluding carboxylic acids is 1. The van der Waals surface area contributed by atoms with Crippen LogP contribution in [-0.2, 0) is 27.7 Å². The van der Waals surface area contributed by atoms with Gasteiger partial charge in [0.15, 0.2) is 0 Å². The smallest absolute Gasteiger partial charge is 0.252 e. The van der Waals surface area contributed by atoms with Crippen LogP contribution in [0.15, 0.2) is 34.5 Å². The molecular weight excluding hydrogens is 392 g/mol. The van der Waals surface area contributed by atoms with Gasteiger partial charge in [-0.25, -0.2) is 8.42 Å². The maximum atomic E-state index is 12.9. The number of benzene rings is 1. The van der Waals surface area contributed by atoms with E-state index in [0.29, 0.717) is 17.3 Å². The van der Waals surface area contributed by atoms with Crippen LogP contribution in [0.3, 0.4) is 0 Å². The fraction of sp³-hybridized carbons (Fsp3) is 0.476. The Hall–Kier alpha value is -1.70. The van der Waals surface area contributed by atoms with Crippen molar-refractivity contribution in [3.8, 4) is 0 Å². The molecule has 4 rings (SSSR count). The third-order valence-electron chi connectivity index (χ3n) is 5.53. The number of amides is 1. The van der Waals surface area contributed by atoms with Crippen LogP contribution in [0.4, 0.5) is 5.69 Å². The molecule has 150 valence electrons. The van der Waals surface area contributed by atoms with Crippen LogP contribution in [0.5, 0.6) is 0 Å². The maximum absolute atomic E-state index is 12.9. The lowest BCUT2D eigenvalue weighted by Gasteiger charge is -2.29. The summed E-state index contributed by atoms with van der Waals surface area (Å²) in [5.41, 5.74) is 3.43. The van der Waals surface area contributed by atoms with Crippen molar-refractivity contribution >= 4 is 33.0 Å². The third-order valence-corrected chi connectivity index (χ3v) is 8.98. The molecule has 2 aliphatic rings. The summed E-state index contributed by atoms with van der Waals surface area (Å²) >= 11 is 1.23. The molecule has 1 amide bonds. The van der Waals surface area contributed by atoms with Gasteiger partial charge in [0.05, 0.1) is 6.42 Å². The Balaban J connectivity index is 1.50. The second-order valence-electron chi connectivity index (χ2n) is 7.64. The largest absolute Gasteiger partial charge is 0.312 e. The van der Waals surface area contributed by atoms with E-state index in [1.165, 1.54) is 22.5 Å². The lowest BCUT2D eigenvalue weighted by Crippen LogP contribution is -2.36. The highest BCUT2D eigenvalue weighted by atomic mass is 32.2. The standard InChI is InChI=1S/C21H26N2O3S2/c1-16-7-9-19-17(14-16)6-5-13-23(19)20(24)15-18-8-10-21(27-18)28(25,26)22-11-3-2-4-12-22/h7-10,14H,2-6,11-13,15H2,1H3. The van der Waals surface area contributed by atoms with Crippen LogP contribution in [0.1, 0.15) is 41.7 Å². The number of sulfonamides is 1. The molecule has 1 aromatic carbocycles. The SMILES string of the molecule is Cc1ccc2c(c1)CCCN2C(=O)Cc1ccc(S(=O)(=O)N2CCCCC2)s1. The molecule has 0 unspecified atom stereocenters. The Labute approximate surface area is 171 Å². The molecule has 1 saturated heterocycles. The van der Waals surface area contributed by atoms with Crippen LogP contribution >= 0.6 is 11.3 Å². The number of carbonyl (C=O) groups is 1. The molecule has 0 spiro atoms.